The number of carboxylic acid groups (broad SMARTS) is 1. The van der Waals surface area contributed by atoms with Crippen LogP contribution >= 0.6 is 0 Å². The molecule has 2 aliphatic heterocycles. The van der Waals surface area contributed by atoms with Gasteiger partial charge in [-0.05, 0) is 17.7 Å². The number of benzene rings is 1. The monoisotopic (exact) mass is 389 g/mol. The summed E-state index contributed by atoms with van der Waals surface area (Å²) in [7, 11) is -2.03. The highest BCUT2D eigenvalue weighted by Crippen LogP contribution is 2.18. The Balaban J connectivity index is 1.79. The van der Waals surface area contributed by atoms with E-state index in [-0.39, 0.29) is 30.1 Å². The van der Waals surface area contributed by atoms with Gasteiger partial charge in [-0.3, -0.25) is 4.79 Å². The van der Waals surface area contributed by atoms with E-state index in [9.17, 15) is 23.1 Å². The van der Waals surface area contributed by atoms with Crippen molar-refractivity contribution in [1.82, 2.24) is 9.80 Å². The Kier molecular flexibility index (Phi) is 5.13. The lowest BCUT2D eigenvalue weighted by Crippen LogP contribution is -2.45. The van der Waals surface area contributed by atoms with Crippen LogP contribution in [0.25, 0.3) is 0 Å². The first-order valence-corrected chi connectivity index (χ1v) is 9.91. The van der Waals surface area contributed by atoms with Crippen LogP contribution in [0.4, 0.5) is 0 Å². The summed E-state index contributed by atoms with van der Waals surface area (Å²) in [5.41, 5.74) is 1.09. The number of carbonyl (C=O) groups is 2. The van der Waals surface area contributed by atoms with Crippen molar-refractivity contribution < 1.29 is 23.1 Å². The van der Waals surface area contributed by atoms with Gasteiger partial charge in [0.25, 0.3) is 15.9 Å². The molecule has 2 aliphatic rings. The molecule has 0 spiro atoms. The average Bonchev–Trinajstić information content (AvgIpc) is 2.64. The van der Waals surface area contributed by atoms with Crippen LogP contribution in [0.3, 0.4) is 0 Å². The fourth-order valence-corrected chi connectivity index (χ4v) is 3.87. The van der Waals surface area contributed by atoms with Gasteiger partial charge in [0, 0.05) is 26.2 Å². The van der Waals surface area contributed by atoms with Gasteiger partial charge in [0.2, 0.25) is 0 Å². The van der Waals surface area contributed by atoms with E-state index in [2.05, 4.69) is 4.40 Å². The summed E-state index contributed by atoms with van der Waals surface area (Å²) < 4.78 is 26.8. The zero-order chi connectivity index (χ0) is 19.6. The Hall–Kier alpha value is -2.94. The van der Waals surface area contributed by atoms with Crippen molar-refractivity contribution in [3.63, 3.8) is 0 Å². The third-order valence-corrected chi connectivity index (χ3v) is 5.58. The summed E-state index contributed by atoms with van der Waals surface area (Å²) in [6.07, 6.45) is 4.60. The molecule has 0 saturated heterocycles. The SMILES string of the molecule is CN(C(=O)C1=CN2CCS(=O)(=O)N=C2C=C1)C(Cc1ccccc1)C(=O)O. The first-order valence-electron chi connectivity index (χ1n) is 8.30. The van der Waals surface area contributed by atoms with Gasteiger partial charge < -0.3 is 14.9 Å². The van der Waals surface area contributed by atoms with Gasteiger partial charge in [-0.1, -0.05) is 30.3 Å². The average molecular weight is 389 g/mol. The maximum atomic E-state index is 12.8. The van der Waals surface area contributed by atoms with E-state index in [0.717, 1.165) is 5.56 Å². The summed E-state index contributed by atoms with van der Waals surface area (Å²) in [6, 6.07) is 8.06. The first-order chi connectivity index (χ1) is 12.8. The molecule has 1 aromatic rings. The van der Waals surface area contributed by atoms with Crippen LogP contribution in [0, 0.1) is 0 Å². The highest BCUT2D eigenvalue weighted by Gasteiger charge is 2.30. The molecule has 9 heteroatoms. The van der Waals surface area contributed by atoms with Gasteiger partial charge >= 0.3 is 5.97 Å². The molecule has 1 atom stereocenters. The number of carboxylic acids is 1. The Morgan fingerprint density at radius 3 is 2.63 bits per heavy atom. The summed E-state index contributed by atoms with van der Waals surface area (Å²) in [5.74, 6) is -1.44. The molecule has 142 valence electrons. The van der Waals surface area contributed by atoms with Crippen molar-refractivity contribution in [1.29, 1.82) is 0 Å². The highest BCUT2D eigenvalue weighted by atomic mass is 32.2. The smallest absolute Gasteiger partial charge is 0.326 e. The number of nitrogens with zero attached hydrogens (tertiary/aromatic N) is 3. The standard InChI is InChI=1S/C18H19N3O5S/c1-20(15(18(23)24)11-13-5-3-2-4-6-13)17(22)14-7-8-16-19-27(25,26)10-9-21(16)12-14/h2-8,12,15H,9-11H2,1H3,(H,23,24). The van der Waals surface area contributed by atoms with Crippen LogP contribution in [-0.4, -0.2) is 66.4 Å². The van der Waals surface area contributed by atoms with E-state index in [1.165, 1.54) is 30.3 Å². The van der Waals surface area contributed by atoms with Gasteiger partial charge in [-0.15, -0.1) is 4.40 Å². The molecule has 0 aromatic heterocycles. The molecule has 27 heavy (non-hydrogen) atoms. The first kappa shape index (κ1) is 18.8. The fraction of sp³-hybridized carbons (Fsp3) is 0.278. The number of carbonyl (C=O) groups excluding carboxylic acids is 1. The van der Waals surface area contributed by atoms with Crippen molar-refractivity contribution in [3.8, 4) is 0 Å². The molecule has 1 unspecified atom stereocenters. The second kappa shape index (κ2) is 7.36. The minimum Gasteiger partial charge on any atom is -0.480 e. The normalized spacial score (nSPS) is 18.8. The number of fused-ring (bicyclic) bond motifs is 1. The molecule has 0 fully saturated rings. The second-order valence-corrected chi connectivity index (χ2v) is 8.06. The number of likely N-dealkylation sites (N-methyl/N-ethyl adjacent to an activating group) is 1. The lowest BCUT2D eigenvalue weighted by Gasteiger charge is -2.30. The quantitative estimate of drug-likeness (QED) is 0.792. The molecule has 0 bridgehead atoms. The topological polar surface area (TPSA) is 107 Å². The Morgan fingerprint density at radius 2 is 1.96 bits per heavy atom. The Bertz CT molecular complexity index is 950. The zero-order valence-electron chi connectivity index (χ0n) is 14.6. The number of hydrogen-bond donors (Lipinski definition) is 1. The molecular weight excluding hydrogens is 370 g/mol. The maximum Gasteiger partial charge on any atom is 0.326 e. The lowest BCUT2D eigenvalue weighted by atomic mass is 10.0. The van der Waals surface area contributed by atoms with E-state index in [1.807, 2.05) is 30.3 Å². The molecule has 0 aliphatic carbocycles. The van der Waals surface area contributed by atoms with Crippen molar-refractivity contribution in [3.05, 3.63) is 59.8 Å². The van der Waals surface area contributed by atoms with Crippen LogP contribution < -0.4 is 0 Å². The van der Waals surface area contributed by atoms with E-state index in [1.54, 1.807) is 4.90 Å². The zero-order valence-corrected chi connectivity index (χ0v) is 15.5. The molecule has 8 nitrogen and oxygen atoms in total. The predicted molar refractivity (Wildman–Crippen MR) is 99.5 cm³/mol. The van der Waals surface area contributed by atoms with Gasteiger partial charge in [0.1, 0.15) is 11.9 Å². The van der Waals surface area contributed by atoms with Crippen molar-refractivity contribution in [2.75, 3.05) is 19.3 Å². The summed E-state index contributed by atoms with van der Waals surface area (Å²) in [4.78, 5) is 27.3. The number of aliphatic carboxylic acids is 1. The van der Waals surface area contributed by atoms with E-state index < -0.39 is 27.9 Å². The van der Waals surface area contributed by atoms with Gasteiger partial charge in [-0.25, -0.2) is 13.2 Å². The number of hydrogen-bond acceptors (Lipinski definition) is 5. The molecule has 1 N–H and O–H groups in total. The van der Waals surface area contributed by atoms with Crippen LogP contribution in [0.1, 0.15) is 5.56 Å². The largest absolute Gasteiger partial charge is 0.480 e. The van der Waals surface area contributed by atoms with Gasteiger partial charge in [0.15, 0.2) is 0 Å². The highest BCUT2D eigenvalue weighted by molar-refractivity contribution is 7.90. The third-order valence-electron chi connectivity index (χ3n) is 4.42. The van der Waals surface area contributed by atoms with Gasteiger partial charge in [-0.2, -0.15) is 0 Å². The molecule has 2 heterocycles. The maximum absolute atomic E-state index is 12.8. The lowest BCUT2D eigenvalue weighted by molar-refractivity contribution is -0.147. The van der Waals surface area contributed by atoms with Crippen molar-refractivity contribution in [2.24, 2.45) is 4.40 Å². The molecule has 0 radical (unpaired) electrons. The number of amides is 1. The minimum atomic E-state index is -3.47. The number of sulfonamides is 1. The molecule has 3 rings (SSSR count). The van der Waals surface area contributed by atoms with Crippen LogP contribution in [0.2, 0.25) is 0 Å². The summed E-state index contributed by atoms with van der Waals surface area (Å²) >= 11 is 0. The van der Waals surface area contributed by atoms with Crippen molar-refractivity contribution >= 4 is 27.7 Å². The van der Waals surface area contributed by atoms with Crippen LogP contribution in [0.5, 0.6) is 0 Å². The van der Waals surface area contributed by atoms with E-state index in [0.29, 0.717) is 0 Å². The second-order valence-electron chi connectivity index (χ2n) is 6.31. The third kappa shape index (κ3) is 4.25. The molecule has 1 aromatic carbocycles. The Morgan fingerprint density at radius 1 is 1.26 bits per heavy atom. The van der Waals surface area contributed by atoms with Crippen molar-refractivity contribution in [2.45, 2.75) is 12.5 Å². The number of rotatable bonds is 5. The fourth-order valence-electron chi connectivity index (χ4n) is 2.90. The summed E-state index contributed by atoms with van der Waals surface area (Å²) in [5, 5.41) is 9.57. The summed E-state index contributed by atoms with van der Waals surface area (Å²) in [6.45, 7) is 0.193. The van der Waals surface area contributed by atoms with E-state index in [4.69, 9.17) is 0 Å². The predicted octanol–water partition coefficient (Wildman–Crippen LogP) is 0.638. The molecule has 0 saturated carbocycles. The Labute approximate surface area is 157 Å². The van der Waals surface area contributed by atoms with E-state index >= 15 is 0 Å². The van der Waals surface area contributed by atoms with Crippen LogP contribution in [0.15, 0.2) is 58.7 Å². The van der Waals surface area contributed by atoms with Gasteiger partial charge in [0.05, 0.1) is 11.3 Å². The minimum absolute atomic E-state index is 0.135. The van der Waals surface area contributed by atoms with Crippen LogP contribution in [-0.2, 0) is 26.0 Å². The number of amidine groups is 1. The molecule has 1 amide bonds. The molecular formula is C18H19N3O5S.